The van der Waals surface area contributed by atoms with Crippen molar-refractivity contribution in [2.45, 2.75) is 44.8 Å². The van der Waals surface area contributed by atoms with E-state index in [0.717, 1.165) is 37.9 Å². The maximum absolute atomic E-state index is 12.3. The quantitative estimate of drug-likeness (QED) is 0.805. The first-order valence-corrected chi connectivity index (χ1v) is 5.74. The van der Waals surface area contributed by atoms with Crippen LogP contribution in [-0.4, -0.2) is 4.98 Å². The highest BCUT2D eigenvalue weighted by Gasteiger charge is 2.30. The molecule has 0 fully saturated rings. The van der Waals surface area contributed by atoms with Crippen molar-refractivity contribution in [3.8, 4) is 0 Å². The summed E-state index contributed by atoms with van der Waals surface area (Å²) in [6.07, 6.45) is 0.404. The molecule has 0 aliphatic heterocycles. The van der Waals surface area contributed by atoms with Gasteiger partial charge in [-0.05, 0) is 18.6 Å². The minimum atomic E-state index is -4.34. The third kappa shape index (κ3) is 4.34. The second-order valence-electron chi connectivity index (χ2n) is 4.07. The van der Waals surface area contributed by atoms with Crippen LogP contribution < -0.4 is 5.73 Å². The number of unbranched alkanes of at least 4 members (excludes halogenated alkanes) is 2. The SMILES string of the molecule is CCCCCC(N)c1ccc(C(F)(F)F)cn1. The highest BCUT2D eigenvalue weighted by atomic mass is 19.4. The Bertz CT molecular complexity index is 333. The molecule has 17 heavy (non-hydrogen) atoms. The zero-order valence-corrected chi connectivity index (χ0v) is 9.80. The van der Waals surface area contributed by atoms with E-state index in [2.05, 4.69) is 11.9 Å². The van der Waals surface area contributed by atoms with Crippen molar-refractivity contribution < 1.29 is 13.2 Å². The summed E-state index contributed by atoms with van der Waals surface area (Å²) in [7, 11) is 0. The summed E-state index contributed by atoms with van der Waals surface area (Å²) in [6, 6.07) is 2.12. The standard InChI is InChI=1S/C12H17F3N2/c1-2-3-4-5-10(16)11-7-6-9(8-17-11)12(13,14)15/h6-8,10H,2-5,16H2,1H3. The number of alkyl halides is 3. The van der Waals surface area contributed by atoms with Crippen LogP contribution in [0.25, 0.3) is 0 Å². The molecule has 1 heterocycles. The van der Waals surface area contributed by atoms with Crippen molar-refractivity contribution in [2.24, 2.45) is 5.73 Å². The smallest absolute Gasteiger partial charge is 0.323 e. The van der Waals surface area contributed by atoms with Crippen LogP contribution in [0.2, 0.25) is 0 Å². The first-order valence-electron chi connectivity index (χ1n) is 5.74. The number of nitrogens with zero attached hydrogens (tertiary/aromatic N) is 1. The molecule has 0 amide bonds. The van der Waals surface area contributed by atoms with Crippen LogP contribution >= 0.6 is 0 Å². The van der Waals surface area contributed by atoms with Crippen molar-refractivity contribution in [2.75, 3.05) is 0 Å². The third-order valence-corrected chi connectivity index (χ3v) is 2.61. The normalized spacial score (nSPS) is 13.7. The Labute approximate surface area is 99.0 Å². The van der Waals surface area contributed by atoms with Gasteiger partial charge in [-0.1, -0.05) is 26.2 Å². The molecule has 0 aliphatic carbocycles. The fraction of sp³-hybridized carbons (Fsp3) is 0.583. The minimum absolute atomic E-state index is 0.274. The summed E-state index contributed by atoms with van der Waals surface area (Å²) >= 11 is 0. The maximum atomic E-state index is 12.3. The summed E-state index contributed by atoms with van der Waals surface area (Å²) < 4.78 is 36.9. The predicted octanol–water partition coefficient (Wildman–Crippen LogP) is 3.68. The van der Waals surface area contributed by atoms with E-state index in [1.165, 1.54) is 6.07 Å². The Morgan fingerprint density at radius 1 is 1.29 bits per heavy atom. The van der Waals surface area contributed by atoms with Gasteiger partial charge in [0.2, 0.25) is 0 Å². The van der Waals surface area contributed by atoms with Gasteiger partial charge in [0.15, 0.2) is 0 Å². The van der Waals surface area contributed by atoms with Crippen LogP contribution in [0.3, 0.4) is 0 Å². The largest absolute Gasteiger partial charge is 0.417 e. The molecule has 1 atom stereocenters. The number of pyridine rings is 1. The number of hydrogen-bond donors (Lipinski definition) is 1. The molecule has 0 aliphatic rings. The Hall–Kier alpha value is -1.10. The van der Waals surface area contributed by atoms with Crippen LogP contribution in [0.15, 0.2) is 18.3 Å². The minimum Gasteiger partial charge on any atom is -0.323 e. The van der Waals surface area contributed by atoms with Crippen LogP contribution in [0.1, 0.15) is 49.9 Å². The maximum Gasteiger partial charge on any atom is 0.417 e. The van der Waals surface area contributed by atoms with E-state index in [-0.39, 0.29) is 6.04 Å². The molecular weight excluding hydrogens is 229 g/mol. The zero-order chi connectivity index (χ0) is 12.9. The van der Waals surface area contributed by atoms with Gasteiger partial charge in [-0.3, -0.25) is 4.98 Å². The molecule has 2 N–H and O–H groups in total. The van der Waals surface area contributed by atoms with Gasteiger partial charge in [0.25, 0.3) is 0 Å². The molecule has 0 saturated carbocycles. The summed E-state index contributed by atoms with van der Waals surface area (Å²) in [5, 5.41) is 0. The first kappa shape index (κ1) is 14.0. The number of nitrogens with two attached hydrogens (primary N) is 1. The lowest BCUT2D eigenvalue weighted by Crippen LogP contribution is -2.13. The van der Waals surface area contributed by atoms with Crippen molar-refractivity contribution in [3.05, 3.63) is 29.6 Å². The Balaban J connectivity index is 2.61. The summed E-state index contributed by atoms with van der Waals surface area (Å²) in [6.45, 7) is 2.09. The molecule has 0 aromatic carbocycles. The Morgan fingerprint density at radius 3 is 2.47 bits per heavy atom. The molecule has 0 saturated heterocycles. The van der Waals surface area contributed by atoms with Gasteiger partial charge in [0, 0.05) is 12.2 Å². The van der Waals surface area contributed by atoms with E-state index in [0.29, 0.717) is 5.69 Å². The monoisotopic (exact) mass is 246 g/mol. The average molecular weight is 246 g/mol. The van der Waals surface area contributed by atoms with E-state index in [1.54, 1.807) is 0 Å². The number of halogens is 3. The molecule has 5 heteroatoms. The van der Waals surface area contributed by atoms with Gasteiger partial charge in [-0.2, -0.15) is 13.2 Å². The van der Waals surface area contributed by atoms with Gasteiger partial charge in [0.1, 0.15) is 0 Å². The van der Waals surface area contributed by atoms with Gasteiger partial charge >= 0.3 is 6.18 Å². The average Bonchev–Trinajstić information content (AvgIpc) is 2.28. The van der Waals surface area contributed by atoms with E-state index in [1.807, 2.05) is 0 Å². The molecule has 0 radical (unpaired) electrons. The lowest BCUT2D eigenvalue weighted by molar-refractivity contribution is -0.137. The van der Waals surface area contributed by atoms with Gasteiger partial charge in [0.05, 0.1) is 11.3 Å². The van der Waals surface area contributed by atoms with Crippen LogP contribution in [0, 0.1) is 0 Å². The highest BCUT2D eigenvalue weighted by Crippen LogP contribution is 2.29. The van der Waals surface area contributed by atoms with E-state index in [4.69, 9.17) is 5.73 Å². The molecule has 1 unspecified atom stereocenters. The van der Waals surface area contributed by atoms with Gasteiger partial charge in [-0.15, -0.1) is 0 Å². The molecule has 96 valence electrons. The van der Waals surface area contributed by atoms with Gasteiger partial charge in [-0.25, -0.2) is 0 Å². The summed E-state index contributed by atoms with van der Waals surface area (Å²) in [5.74, 6) is 0. The van der Waals surface area contributed by atoms with Gasteiger partial charge < -0.3 is 5.73 Å². The Morgan fingerprint density at radius 2 is 2.00 bits per heavy atom. The lowest BCUT2D eigenvalue weighted by atomic mass is 10.1. The molecular formula is C12H17F3N2. The van der Waals surface area contributed by atoms with Crippen LogP contribution in [0.5, 0.6) is 0 Å². The highest BCUT2D eigenvalue weighted by molar-refractivity contribution is 5.18. The fourth-order valence-corrected chi connectivity index (χ4v) is 1.55. The van der Waals surface area contributed by atoms with E-state index in [9.17, 15) is 13.2 Å². The first-order chi connectivity index (χ1) is 7.95. The summed E-state index contributed by atoms with van der Waals surface area (Å²) in [4.78, 5) is 3.78. The predicted molar refractivity (Wildman–Crippen MR) is 60.3 cm³/mol. The zero-order valence-electron chi connectivity index (χ0n) is 9.80. The number of aromatic nitrogens is 1. The van der Waals surface area contributed by atoms with Crippen LogP contribution in [0.4, 0.5) is 13.2 Å². The van der Waals surface area contributed by atoms with Crippen molar-refractivity contribution in [1.29, 1.82) is 0 Å². The number of rotatable bonds is 5. The van der Waals surface area contributed by atoms with Crippen molar-refractivity contribution >= 4 is 0 Å². The molecule has 1 aromatic rings. The molecule has 1 aromatic heterocycles. The Kier molecular flexibility index (Phi) is 4.93. The second kappa shape index (κ2) is 6.00. The van der Waals surface area contributed by atoms with E-state index >= 15 is 0 Å². The lowest BCUT2D eigenvalue weighted by Gasteiger charge is -2.12. The second-order valence-corrected chi connectivity index (χ2v) is 4.07. The summed E-state index contributed by atoms with van der Waals surface area (Å²) in [5.41, 5.74) is 5.64. The number of hydrogen-bond acceptors (Lipinski definition) is 2. The fourth-order valence-electron chi connectivity index (χ4n) is 1.55. The van der Waals surface area contributed by atoms with Crippen molar-refractivity contribution in [3.63, 3.8) is 0 Å². The molecule has 0 spiro atoms. The van der Waals surface area contributed by atoms with Crippen molar-refractivity contribution in [1.82, 2.24) is 4.98 Å². The third-order valence-electron chi connectivity index (χ3n) is 2.61. The molecule has 2 nitrogen and oxygen atoms in total. The molecule has 0 bridgehead atoms. The van der Waals surface area contributed by atoms with Crippen LogP contribution in [-0.2, 0) is 6.18 Å². The van der Waals surface area contributed by atoms with E-state index < -0.39 is 11.7 Å². The molecule has 1 rings (SSSR count). The topological polar surface area (TPSA) is 38.9 Å².